The van der Waals surface area contributed by atoms with Gasteiger partial charge in [-0.25, -0.2) is 0 Å². The summed E-state index contributed by atoms with van der Waals surface area (Å²) in [4.78, 5) is 33.5. The van der Waals surface area contributed by atoms with Crippen molar-refractivity contribution in [3.63, 3.8) is 0 Å². The Hall–Kier alpha value is -3.81. The zero-order valence-corrected chi connectivity index (χ0v) is 21.3. The predicted octanol–water partition coefficient (Wildman–Crippen LogP) is 4.24. The van der Waals surface area contributed by atoms with Gasteiger partial charge in [-0.3, -0.25) is 14.2 Å². The van der Waals surface area contributed by atoms with E-state index >= 15 is 0 Å². The number of carbonyl (C=O) groups excluding carboxylic acids is 1. The zero-order chi connectivity index (χ0) is 25.8. The Morgan fingerprint density at radius 1 is 1.11 bits per heavy atom. The average molecular weight is 492 g/mol. The van der Waals surface area contributed by atoms with Crippen LogP contribution in [0.3, 0.4) is 0 Å². The van der Waals surface area contributed by atoms with E-state index in [-0.39, 0.29) is 11.5 Å². The molecule has 8 nitrogen and oxygen atoms in total. The number of rotatable bonds is 8. The molecule has 0 saturated carbocycles. The minimum atomic E-state index is -0.639. The maximum Gasteiger partial charge on any atom is 0.275 e. The van der Waals surface area contributed by atoms with Crippen LogP contribution in [0.4, 0.5) is 0 Å². The van der Waals surface area contributed by atoms with Gasteiger partial charge in [0.1, 0.15) is 23.0 Å². The molecule has 0 bridgehead atoms. The molecule has 0 spiro atoms. The standard InChI is InChI=1S/C28H33N3O5/c1-5-6-10-23-29-26(32)24(28(34)31(23)25-21(35-3)8-7-9-22(25)36-4)27(33)30-16-15-20(17-30)19-13-11-18(2)12-14-19/h7-9,11-14,20,32H,5-6,10,15-17H2,1-4H3. The first-order valence-corrected chi connectivity index (χ1v) is 12.3. The molecule has 8 heteroatoms. The minimum absolute atomic E-state index is 0.171. The molecule has 1 aliphatic rings. The van der Waals surface area contributed by atoms with Crippen molar-refractivity contribution < 1.29 is 19.4 Å². The number of hydrogen-bond acceptors (Lipinski definition) is 6. The zero-order valence-electron chi connectivity index (χ0n) is 21.3. The van der Waals surface area contributed by atoms with Crippen molar-refractivity contribution in [1.29, 1.82) is 0 Å². The van der Waals surface area contributed by atoms with Gasteiger partial charge < -0.3 is 19.5 Å². The lowest BCUT2D eigenvalue weighted by Crippen LogP contribution is -2.37. The lowest BCUT2D eigenvalue weighted by molar-refractivity contribution is 0.0784. The van der Waals surface area contributed by atoms with Crippen LogP contribution in [0.5, 0.6) is 17.4 Å². The maximum atomic E-state index is 13.9. The fraction of sp³-hybridized carbons (Fsp3) is 0.393. The van der Waals surface area contributed by atoms with Crippen molar-refractivity contribution in [2.24, 2.45) is 0 Å². The molecule has 1 aromatic heterocycles. The first-order chi connectivity index (χ1) is 17.4. The second-order valence-corrected chi connectivity index (χ2v) is 9.13. The molecule has 1 unspecified atom stereocenters. The average Bonchev–Trinajstić information content (AvgIpc) is 3.38. The highest BCUT2D eigenvalue weighted by atomic mass is 16.5. The molecular formula is C28H33N3O5. The molecule has 1 amide bonds. The van der Waals surface area contributed by atoms with E-state index < -0.39 is 17.3 Å². The maximum absolute atomic E-state index is 13.9. The number of aryl methyl sites for hydroxylation is 2. The molecule has 1 N–H and O–H groups in total. The summed E-state index contributed by atoms with van der Waals surface area (Å²) in [7, 11) is 3.01. The summed E-state index contributed by atoms with van der Waals surface area (Å²) < 4.78 is 12.4. The molecule has 1 aliphatic heterocycles. The summed E-state index contributed by atoms with van der Waals surface area (Å²) in [6.45, 7) is 5.03. The van der Waals surface area contributed by atoms with Gasteiger partial charge in [0.05, 0.1) is 14.2 Å². The number of ether oxygens (including phenoxy) is 2. The van der Waals surface area contributed by atoms with E-state index in [1.807, 2.05) is 13.8 Å². The van der Waals surface area contributed by atoms with Gasteiger partial charge in [0.25, 0.3) is 11.5 Å². The van der Waals surface area contributed by atoms with Crippen LogP contribution >= 0.6 is 0 Å². The number of benzene rings is 2. The lowest BCUT2D eigenvalue weighted by atomic mass is 9.97. The minimum Gasteiger partial charge on any atom is -0.494 e. The fourth-order valence-electron chi connectivity index (χ4n) is 4.74. The first kappa shape index (κ1) is 25.3. The monoisotopic (exact) mass is 491 g/mol. The number of aromatic nitrogens is 2. The van der Waals surface area contributed by atoms with Crippen molar-refractivity contribution in [2.45, 2.75) is 45.4 Å². The van der Waals surface area contributed by atoms with Gasteiger partial charge in [-0.2, -0.15) is 4.98 Å². The van der Waals surface area contributed by atoms with Crippen molar-refractivity contribution >= 4 is 5.91 Å². The largest absolute Gasteiger partial charge is 0.494 e. The van der Waals surface area contributed by atoms with E-state index in [2.05, 4.69) is 29.2 Å². The molecule has 4 rings (SSSR count). The van der Waals surface area contributed by atoms with Gasteiger partial charge in [-0.15, -0.1) is 0 Å². The highest BCUT2D eigenvalue weighted by Gasteiger charge is 2.33. The van der Waals surface area contributed by atoms with Crippen LogP contribution in [0.25, 0.3) is 5.69 Å². The SMILES string of the molecule is CCCCc1nc(O)c(C(=O)N2CCC(c3ccc(C)cc3)C2)c(=O)n1-c1c(OC)cccc1OC. The Balaban J connectivity index is 1.78. The van der Waals surface area contributed by atoms with Crippen LogP contribution < -0.4 is 15.0 Å². The highest BCUT2D eigenvalue weighted by Crippen LogP contribution is 2.34. The first-order valence-electron chi connectivity index (χ1n) is 12.3. The third kappa shape index (κ3) is 4.80. The van der Waals surface area contributed by atoms with Gasteiger partial charge in [-0.1, -0.05) is 49.2 Å². The summed E-state index contributed by atoms with van der Waals surface area (Å²) in [6, 6.07) is 13.5. The van der Waals surface area contributed by atoms with E-state index in [0.717, 1.165) is 24.8 Å². The summed E-state index contributed by atoms with van der Waals surface area (Å²) in [5, 5.41) is 10.8. The van der Waals surface area contributed by atoms with E-state index in [9.17, 15) is 14.7 Å². The van der Waals surface area contributed by atoms with Crippen molar-refractivity contribution in [3.8, 4) is 23.1 Å². The number of amides is 1. The molecule has 0 radical (unpaired) electrons. The van der Waals surface area contributed by atoms with Gasteiger partial charge in [0.2, 0.25) is 5.88 Å². The Kier molecular flexibility index (Phi) is 7.62. The topological polar surface area (TPSA) is 93.9 Å². The van der Waals surface area contributed by atoms with Crippen LogP contribution in [0.15, 0.2) is 47.3 Å². The Bertz CT molecular complexity index is 1280. The summed E-state index contributed by atoms with van der Waals surface area (Å²) in [5.41, 5.74) is 1.72. The number of aromatic hydroxyl groups is 1. The number of hydrogen-bond donors (Lipinski definition) is 1. The van der Waals surface area contributed by atoms with E-state index in [1.165, 1.54) is 24.4 Å². The summed E-state index contributed by atoms with van der Waals surface area (Å²) in [5.74, 6) is 0.258. The number of nitrogens with zero attached hydrogens (tertiary/aromatic N) is 3. The molecule has 36 heavy (non-hydrogen) atoms. The quantitative estimate of drug-likeness (QED) is 0.507. The molecule has 1 saturated heterocycles. The smallest absolute Gasteiger partial charge is 0.275 e. The van der Waals surface area contributed by atoms with Crippen LogP contribution in [-0.2, 0) is 6.42 Å². The van der Waals surface area contributed by atoms with Crippen LogP contribution in [0.2, 0.25) is 0 Å². The molecule has 190 valence electrons. The third-order valence-electron chi connectivity index (χ3n) is 6.75. The molecule has 2 heterocycles. The number of carbonyl (C=O) groups is 1. The molecule has 1 atom stereocenters. The highest BCUT2D eigenvalue weighted by molar-refractivity contribution is 5.96. The Morgan fingerprint density at radius 2 is 1.78 bits per heavy atom. The second kappa shape index (κ2) is 10.8. The molecule has 3 aromatic rings. The van der Waals surface area contributed by atoms with Gasteiger partial charge in [0.15, 0.2) is 5.56 Å². The van der Waals surface area contributed by atoms with Crippen LogP contribution in [0.1, 0.15) is 59.4 Å². The van der Waals surface area contributed by atoms with Gasteiger partial charge in [0, 0.05) is 25.4 Å². The molecule has 2 aromatic carbocycles. The van der Waals surface area contributed by atoms with Gasteiger partial charge >= 0.3 is 0 Å². The third-order valence-corrected chi connectivity index (χ3v) is 6.75. The van der Waals surface area contributed by atoms with Crippen LogP contribution in [0, 0.1) is 6.92 Å². The normalized spacial score (nSPS) is 15.2. The molecule has 1 fully saturated rings. The van der Waals surface area contributed by atoms with E-state index in [0.29, 0.717) is 42.5 Å². The van der Waals surface area contributed by atoms with Crippen molar-refractivity contribution in [2.75, 3.05) is 27.3 Å². The number of likely N-dealkylation sites (tertiary alicyclic amines) is 1. The molecular weight excluding hydrogens is 458 g/mol. The Morgan fingerprint density at radius 3 is 2.39 bits per heavy atom. The number of unbranched alkanes of at least 4 members (excludes halogenated alkanes) is 1. The van der Waals surface area contributed by atoms with E-state index in [1.54, 1.807) is 23.1 Å². The predicted molar refractivity (Wildman–Crippen MR) is 138 cm³/mol. The second-order valence-electron chi connectivity index (χ2n) is 9.13. The van der Waals surface area contributed by atoms with Gasteiger partial charge in [-0.05, 0) is 37.5 Å². The molecule has 0 aliphatic carbocycles. The Labute approximate surface area is 211 Å². The number of para-hydroxylation sites is 1. The summed E-state index contributed by atoms with van der Waals surface area (Å²) >= 11 is 0. The lowest BCUT2D eigenvalue weighted by Gasteiger charge is -2.21. The van der Waals surface area contributed by atoms with E-state index in [4.69, 9.17) is 9.47 Å². The number of methoxy groups -OCH3 is 2. The fourth-order valence-corrected chi connectivity index (χ4v) is 4.74. The van der Waals surface area contributed by atoms with Crippen molar-refractivity contribution in [3.05, 3.63) is 75.3 Å². The van der Waals surface area contributed by atoms with Crippen molar-refractivity contribution in [1.82, 2.24) is 14.5 Å². The van der Waals surface area contributed by atoms with Crippen LogP contribution in [-0.4, -0.2) is 52.8 Å². The summed E-state index contributed by atoms with van der Waals surface area (Å²) in [6.07, 6.45) is 2.84.